The Hall–Kier alpha value is -0.650. The molecule has 0 aromatic rings. The zero-order valence-corrected chi connectivity index (χ0v) is 11.2. The molecule has 18 heavy (non-hydrogen) atoms. The van der Waals surface area contributed by atoms with Crippen molar-refractivity contribution in [3.05, 3.63) is 0 Å². The highest BCUT2D eigenvalue weighted by atomic mass is 16.5. The molecule has 1 aliphatic carbocycles. The van der Waals surface area contributed by atoms with E-state index >= 15 is 0 Å². The number of nitrogens with one attached hydrogen (secondary N) is 2. The summed E-state index contributed by atoms with van der Waals surface area (Å²) in [5.41, 5.74) is -0.0149. The highest BCUT2D eigenvalue weighted by molar-refractivity contribution is 5.78. The van der Waals surface area contributed by atoms with Gasteiger partial charge in [0, 0.05) is 32.9 Å². The number of rotatable bonds is 6. The predicted octanol–water partition coefficient (Wildman–Crippen LogP) is 0.440. The summed E-state index contributed by atoms with van der Waals surface area (Å²) in [4.78, 5) is 11.7. The van der Waals surface area contributed by atoms with E-state index in [4.69, 9.17) is 9.47 Å². The van der Waals surface area contributed by atoms with E-state index in [9.17, 15) is 4.79 Å². The summed E-state index contributed by atoms with van der Waals surface area (Å²) in [7, 11) is 1.75. The molecule has 0 radical (unpaired) electrons. The van der Waals surface area contributed by atoms with Crippen LogP contribution in [-0.4, -0.2) is 51.0 Å². The number of ether oxygens (including phenoxy) is 2. The molecule has 2 N–H and O–H groups in total. The van der Waals surface area contributed by atoms with Crippen LogP contribution in [0.5, 0.6) is 0 Å². The fraction of sp³-hybridized carbons (Fsp3) is 0.923. The van der Waals surface area contributed by atoms with Crippen LogP contribution in [0.2, 0.25) is 0 Å². The molecule has 0 atom stereocenters. The largest absolute Gasteiger partial charge is 0.381 e. The summed E-state index contributed by atoms with van der Waals surface area (Å²) < 4.78 is 10.8. The standard InChI is InChI=1S/C13H24N2O3/c1-17-13(5-2-6-13)10-14-9-12(16)15-11-3-7-18-8-4-11/h11,14H,2-10H2,1H3,(H,15,16). The van der Waals surface area contributed by atoms with Gasteiger partial charge in [0.05, 0.1) is 12.1 Å². The summed E-state index contributed by atoms with van der Waals surface area (Å²) >= 11 is 0. The molecule has 1 aliphatic heterocycles. The molecule has 1 amide bonds. The summed E-state index contributed by atoms with van der Waals surface area (Å²) in [6, 6.07) is 0.285. The van der Waals surface area contributed by atoms with Crippen LogP contribution in [0.3, 0.4) is 0 Å². The van der Waals surface area contributed by atoms with Gasteiger partial charge in [-0.25, -0.2) is 0 Å². The van der Waals surface area contributed by atoms with Crippen molar-refractivity contribution < 1.29 is 14.3 Å². The molecule has 0 bridgehead atoms. The van der Waals surface area contributed by atoms with E-state index < -0.39 is 0 Å². The summed E-state index contributed by atoms with van der Waals surface area (Å²) in [5, 5.41) is 6.24. The highest BCUT2D eigenvalue weighted by Gasteiger charge is 2.36. The molecule has 0 aromatic carbocycles. The van der Waals surface area contributed by atoms with Gasteiger partial charge < -0.3 is 20.1 Å². The molecular weight excluding hydrogens is 232 g/mol. The monoisotopic (exact) mass is 256 g/mol. The first kappa shape index (κ1) is 13.8. The first-order valence-corrected chi connectivity index (χ1v) is 6.87. The van der Waals surface area contributed by atoms with Crippen LogP contribution in [0.25, 0.3) is 0 Å². The summed E-state index contributed by atoms with van der Waals surface area (Å²) in [6.45, 7) is 2.66. The third-order valence-corrected chi connectivity index (χ3v) is 4.02. The maximum Gasteiger partial charge on any atom is 0.234 e. The van der Waals surface area contributed by atoms with Crippen molar-refractivity contribution in [2.45, 2.75) is 43.7 Å². The average Bonchev–Trinajstić information content (AvgIpc) is 2.34. The van der Waals surface area contributed by atoms with Gasteiger partial charge in [-0.1, -0.05) is 0 Å². The molecule has 5 heteroatoms. The Labute approximate surface area is 109 Å². The lowest BCUT2D eigenvalue weighted by Crippen LogP contribution is -2.50. The Bertz CT molecular complexity index is 268. The van der Waals surface area contributed by atoms with Crippen molar-refractivity contribution in [1.29, 1.82) is 0 Å². The van der Waals surface area contributed by atoms with Crippen molar-refractivity contribution in [3.63, 3.8) is 0 Å². The van der Waals surface area contributed by atoms with E-state index in [1.165, 1.54) is 6.42 Å². The third kappa shape index (κ3) is 3.67. The molecule has 1 saturated heterocycles. The van der Waals surface area contributed by atoms with Gasteiger partial charge in [-0.05, 0) is 32.1 Å². The summed E-state index contributed by atoms with van der Waals surface area (Å²) in [6.07, 6.45) is 5.27. The lowest BCUT2D eigenvalue weighted by atomic mass is 9.80. The second-order valence-corrected chi connectivity index (χ2v) is 5.30. The molecule has 104 valence electrons. The molecule has 5 nitrogen and oxygen atoms in total. The second-order valence-electron chi connectivity index (χ2n) is 5.30. The zero-order chi connectivity index (χ0) is 12.8. The quantitative estimate of drug-likeness (QED) is 0.724. The number of carbonyl (C=O) groups excluding carboxylic acids is 1. The second kappa shape index (κ2) is 6.50. The van der Waals surface area contributed by atoms with Crippen molar-refractivity contribution >= 4 is 5.91 Å². The Morgan fingerprint density at radius 3 is 2.67 bits per heavy atom. The van der Waals surface area contributed by atoms with E-state index in [1.54, 1.807) is 7.11 Å². The van der Waals surface area contributed by atoms with Gasteiger partial charge in [0.25, 0.3) is 0 Å². The van der Waals surface area contributed by atoms with Crippen LogP contribution in [0.15, 0.2) is 0 Å². The average molecular weight is 256 g/mol. The fourth-order valence-corrected chi connectivity index (χ4v) is 2.55. The Morgan fingerprint density at radius 1 is 1.39 bits per heavy atom. The number of methoxy groups -OCH3 is 1. The van der Waals surface area contributed by atoms with Gasteiger partial charge in [-0.3, -0.25) is 4.79 Å². The molecule has 2 fully saturated rings. The van der Waals surface area contributed by atoms with Crippen LogP contribution < -0.4 is 10.6 Å². The predicted molar refractivity (Wildman–Crippen MR) is 68.4 cm³/mol. The van der Waals surface area contributed by atoms with E-state index in [0.29, 0.717) is 6.54 Å². The molecule has 2 aliphatic rings. The Kier molecular flexibility index (Phi) is 4.97. The normalized spacial score (nSPS) is 23.4. The van der Waals surface area contributed by atoms with Gasteiger partial charge >= 0.3 is 0 Å². The smallest absolute Gasteiger partial charge is 0.234 e. The molecule has 0 aromatic heterocycles. The highest BCUT2D eigenvalue weighted by Crippen LogP contribution is 2.34. The minimum absolute atomic E-state index is 0.0149. The topological polar surface area (TPSA) is 59.6 Å². The van der Waals surface area contributed by atoms with E-state index in [-0.39, 0.29) is 17.6 Å². The lowest BCUT2D eigenvalue weighted by molar-refractivity contribution is -0.122. The Morgan fingerprint density at radius 2 is 2.11 bits per heavy atom. The van der Waals surface area contributed by atoms with Crippen LogP contribution in [0.4, 0.5) is 0 Å². The van der Waals surface area contributed by atoms with Crippen molar-refractivity contribution in [1.82, 2.24) is 10.6 Å². The number of hydrogen-bond donors (Lipinski definition) is 2. The van der Waals surface area contributed by atoms with Crippen molar-refractivity contribution in [3.8, 4) is 0 Å². The molecule has 1 heterocycles. The minimum atomic E-state index is -0.0149. The van der Waals surface area contributed by atoms with E-state index in [1.807, 2.05) is 0 Å². The van der Waals surface area contributed by atoms with Gasteiger partial charge in [-0.2, -0.15) is 0 Å². The summed E-state index contributed by atoms with van der Waals surface area (Å²) in [5.74, 6) is 0.0764. The zero-order valence-electron chi connectivity index (χ0n) is 11.2. The van der Waals surface area contributed by atoms with Gasteiger partial charge in [-0.15, -0.1) is 0 Å². The maximum atomic E-state index is 11.7. The fourth-order valence-electron chi connectivity index (χ4n) is 2.55. The first-order chi connectivity index (χ1) is 8.74. The van der Waals surface area contributed by atoms with Crippen molar-refractivity contribution in [2.75, 3.05) is 33.4 Å². The van der Waals surface area contributed by atoms with Gasteiger partial charge in [0.15, 0.2) is 0 Å². The molecule has 0 unspecified atom stereocenters. The molecule has 0 spiro atoms. The molecular formula is C13H24N2O3. The van der Waals surface area contributed by atoms with Crippen LogP contribution >= 0.6 is 0 Å². The lowest BCUT2D eigenvalue weighted by Gasteiger charge is -2.40. The van der Waals surface area contributed by atoms with Gasteiger partial charge in [0.2, 0.25) is 5.91 Å². The van der Waals surface area contributed by atoms with E-state index in [0.717, 1.165) is 45.4 Å². The minimum Gasteiger partial charge on any atom is -0.381 e. The number of amides is 1. The Balaban J connectivity index is 1.59. The SMILES string of the molecule is COC1(CNCC(=O)NC2CCOCC2)CCC1. The molecule has 2 rings (SSSR count). The van der Waals surface area contributed by atoms with Crippen LogP contribution in [0, 0.1) is 0 Å². The number of carbonyl (C=O) groups is 1. The van der Waals surface area contributed by atoms with Gasteiger partial charge in [0.1, 0.15) is 0 Å². The first-order valence-electron chi connectivity index (χ1n) is 6.87. The van der Waals surface area contributed by atoms with Crippen LogP contribution in [0.1, 0.15) is 32.1 Å². The third-order valence-electron chi connectivity index (χ3n) is 4.02. The number of hydrogen-bond acceptors (Lipinski definition) is 4. The van der Waals surface area contributed by atoms with E-state index in [2.05, 4.69) is 10.6 Å². The maximum absolute atomic E-state index is 11.7. The van der Waals surface area contributed by atoms with Crippen LogP contribution in [-0.2, 0) is 14.3 Å². The van der Waals surface area contributed by atoms with Crippen molar-refractivity contribution in [2.24, 2.45) is 0 Å². The molecule has 1 saturated carbocycles.